The van der Waals surface area contributed by atoms with Gasteiger partial charge in [0.2, 0.25) is 0 Å². The Morgan fingerprint density at radius 2 is 1.79 bits per heavy atom. The summed E-state index contributed by atoms with van der Waals surface area (Å²) in [6.07, 6.45) is 1.16. The molecule has 0 aliphatic heterocycles. The lowest BCUT2D eigenvalue weighted by Crippen LogP contribution is -2.36. The summed E-state index contributed by atoms with van der Waals surface area (Å²) >= 11 is 0. The molecular weight excluding hydrogens is 259 g/mol. The Kier molecular flexibility index (Phi) is 7.71. The van der Waals surface area contributed by atoms with Gasteiger partial charge in [-0.2, -0.15) is 13.2 Å². The van der Waals surface area contributed by atoms with Gasteiger partial charge < -0.3 is 14.8 Å². The number of nitrogens with one attached hydrogen (secondary N) is 1. The molecule has 0 spiro atoms. The van der Waals surface area contributed by atoms with Gasteiger partial charge in [0.1, 0.15) is 6.61 Å². The predicted octanol–water partition coefficient (Wildman–Crippen LogP) is 2.89. The number of hydrogen-bond donors (Lipinski definition) is 1. The zero-order chi connectivity index (χ0) is 14.1. The quantitative estimate of drug-likeness (QED) is 0.695. The maximum atomic E-state index is 11.8. The van der Waals surface area contributed by atoms with Crippen molar-refractivity contribution in [3.63, 3.8) is 0 Å². The van der Waals surface area contributed by atoms with Crippen molar-refractivity contribution in [3.05, 3.63) is 0 Å². The van der Waals surface area contributed by atoms with Crippen LogP contribution in [-0.4, -0.2) is 44.7 Å². The summed E-state index contributed by atoms with van der Waals surface area (Å²) in [7, 11) is 0. The van der Waals surface area contributed by atoms with Crippen molar-refractivity contribution in [3.8, 4) is 0 Å². The largest absolute Gasteiger partial charge is 0.411 e. The van der Waals surface area contributed by atoms with Gasteiger partial charge >= 0.3 is 6.18 Å². The first-order valence-electron chi connectivity index (χ1n) is 7.00. The molecule has 1 rings (SSSR count). The number of alkyl halides is 3. The zero-order valence-corrected chi connectivity index (χ0v) is 11.5. The molecule has 1 N–H and O–H groups in total. The molecule has 0 radical (unpaired) electrons. The average Bonchev–Trinajstić information content (AvgIpc) is 2.36. The van der Waals surface area contributed by atoms with E-state index in [0.717, 1.165) is 38.6 Å². The van der Waals surface area contributed by atoms with Gasteiger partial charge in [0.05, 0.1) is 19.3 Å². The van der Waals surface area contributed by atoms with Crippen LogP contribution in [0.2, 0.25) is 0 Å². The van der Waals surface area contributed by atoms with Gasteiger partial charge in [-0.15, -0.1) is 0 Å². The van der Waals surface area contributed by atoms with Crippen LogP contribution < -0.4 is 5.32 Å². The van der Waals surface area contributed by atoms with Crippen molar-refractivity contribution in [2.24, 2.45) is 0 Å². The summed E-state index contributed by atoms with van der Waals surface area (Å²) in [4.78, 5) is 0. The smallest absolute Gasteiger partial charge is 0.376 e. The molecule has 0 aromatic heterocycles. The Labute approximate surface area is 112 Å². The van der Waals surface area contributed by atoms with Crippen LogP contribution in [-0.2, 0) is 9.47 Å². The van der Waals surface area contributed by atoms with Gasteiger partial charge in [0.15, 0.2) is 0 Å². The second-order valence-electron chi connectivity index (χ2n) is 4.97. The van der Waals surface area contributed by atoms with Crippen LogP contribution in [0.5, 0.6) is 0 Å². The molecule has 3 nitrogen and oxygen atoms in total. The first-order chi connectivity index (χ1) is 9.01. The Balaban J connectivity index is 1.97. The first kappa shape index (κ1) is 16.7. The molecule has 0 heterocycles. The van der Waals surface area contributed by atoms with E-state index in [9.17, 15) is 13.2 Å². The Morgan fingerprint density at radius 3 is 2.37 bits per heavy atom. The fourth-order valence-corrected chi connectivity index (χ4v) is 2.24. The van der Waals surface area contributed by atoms with Crippen LogP contribution in [0.25, 0.3) is 0 Å². The standard InChI is InChI=1S/C13H24F3NO2/c1-2-7-17-11-3-5-12(6-4-11)19-9-8-18-10-13(14,15)16/h11-12,17H,2-10H2,1H3. The minimum atomic E-state index is -4.25. The molecule has 114 valence electrons. The predicted molar refractivity (Wildman–Crippen MR) is 67.2 cm³/mol. The van der Waals surface area contributed by atoms with Crippen molar-refractivity contribution in [1.29, 1.82) is 0 Å². The molecule has 0 aromatic rings. The summed E-state index contributed by atoms with van der Waals surface area (Å²) in [6, 6.07) is 0.571. The van der Waals surface area contributed by atoms with E-state index in [-0.39, 0.29) is 19.3 Å². The highest BCUT2D eigenvalue weighted by Gasteiger charge is 2.27. The van der Waals surface area contributed by atoms with E-state index in [1.165, 1.54) is 0 Å². The second-order valence-corrected chi connectivity index (χ2v) is 4.97. The molecule has 19 heavy (non-hydrogen) atoms. The maximum absolute atomic E-state index is 11.8. The summed E-state index contributed by atoms with van der Waals surface area (Å²) in [5, 5.41) is 3.48. The Morgan fingerprint density at radius 1 is 1.11 bits per heavy atom. The summed E-state index contributed by atoms with van der Waals surface area (Å²) in [5.41, 5.74) is 0. The van der Waals surface area contributed by atoms with Gasteiger partial charge in [-0.1, -0.05) is 6.92 Å². The van der Waals surface area contributed by atoms with Crippen molar-refractivity contribution >= 4 is 0 Å². The van der Waals surface area contributed by atoms with E-state index in [1.54, 1.807) is 0 Å². The lowest BCUT2D eigenvalue weighted by Gasteiger charge is -2.29. The molecule has 1 aliphatic rings. The second kappa shape index (κ2) is 8.76. The highest BCUT2D eigenvalue weighted by Crippen LogP contribution is 2.21. The van der Waals surface area contributed by atoms with Gasteiger partial charge in [-0.25, -0.2) is 0 Å². The molecule has 1 aliphatic carbocycles. The molecule has 0 bridgehead atoms. The molecule has 1 saturated carbocycles. The van der Waals surface area contributed by atoms with E-state index in [4.69, 9.17) is 4.74 Å². The van der Waals surface area contributed by atoms with Crippen LogP contribution in [0.4, 0.5) is 13.2 Å². The third kappa shape index (κ3) is 8.44. The molecule has 0 aromatic carbocycles. The molecule has 0 atom stereocenters. The van der Waals surface area contributed by atoms with E-state index >= 15 is 0 Å². The van der Waals surface area contributed by atoms with Gasteiger partial charge in [-0.3, -0.25) is 0 Å². The van der Waals surface area contributed by atoms with Crippen LogP contribution in [0.15, 0.2) is 0 Å². The van der Waals surface area contributed by atoms with Gasteiger partial charge in [0.25, 0.3) is 0 Å². The number of halogens is 3. The maximum Gasteiger partial charge on any atom is 0.411 e. The molecule has 1 fully saturated rings. The van der Waals surface area contributed by atoms with Crippen molar-refractivity contribution in [2.45, 2.75) is 57.3 Å². The van der Waals surface area contributed by atoms with E-state index < -0.39 is 12.8 Å². The third-order valence-electron chi connectivity index (χ3n) is 3.20. The molecule has 0 unspecified atom stereocenters. The van der Waals surface area contributed by atoms with E-state index in [2.05, 4.69) is 17.0 Å². The van der Waals surface area contributed by atoms with Crippen LogP contribution >= 0.6 is 0 Å². The SMILES string of the molecule is CCCNC1CCC(OCCOCC(F)(F)F)CC1. The van der Waals surface area contributed by atoms with Gasteiger partial charge in [0, 0.05) is 6.04 Å². The van der Waals surface area contributed by atoms with E-state index in [0.29, 0.717) is 6.04 Å². The minimum absolute atomic E-state index is 0.00746. The van der Waals surface area contributed by atoms with E-state index in [1.807, 2.05) is 0 Å². The zero-order valence-electron chi connectivity index (χ0n) is 11.5. The Hall–Kier alpha value is -0.330. The number of hydrogen-bond acceptors (Lipinski definition) is 3. The molecule has 0 saturated heterocycles. The lowest BCUT2D eigenvalue weighted by molar-refractivity contribution is -0.177. The molecule has 6 heteroatoms. The highest BCUT2D eigenvalue weighted by molar-refractivity contribution is 4.77. The number of ether oxygens (including phenoxy) is 2. The Bertz CT molecular complexity index is 228. The topological polar surface area (TPSA) is 30.5 Å². The van der Waals surface area contributed by atoms with Crippen molar-refractivity contribution < 1.29 is 22.6 Å². The fraction of sp³-hybridized carbons (Fsp3) is 1.00. The summed E-state index contributed by atoms with van der Waals surface area (Å²) in [5.74, 6) is 0. The van der Waals surface area contributed by atoms with Crippen LogP contribution in [0, 0.1) is 0 Å². The highest BCUT2D eigenvalue weighted by atomic mass is 19.4. The molecule has 0 amide bonds. The summed E-state index contributed by atoms with van der Waals surface area (Å²) in [6.45, 7) is 2.25. The van der Waals surface area contributed by atoms with Crippen LogP contribution in [0.1, 0.15) is 39.0 Å². The third-order valence-corrected chi connectivity index (χ3v) is 3.20. The van der Waals surface area contributed by atoms with Crippen molar-refractivity contribution in [2.75, 3.05) is 26.4 Å². The minimum Gasteiger partial charge on any atom is -0.376 e. The van der Waals surface area contributed by atoms with Gasteiger partial charge in [-0.05, 0) is 38.6 Å². The monoisotopic (exact) mass is 283 g/mol. The normalized spacial score (nSPS) is 24.6. The van der Waals surface area contributed by atoms with Crippen LogP contribution in [0.3, 0.4) is 0 Å². The molecular formula is C13H24F3NO2. The summed E-state index contributed by atoms with van der Waals surface area (Å²) < 4.78 is 45.5. The fourth-order valence-electron chi connectivity index (χ4n) is 2.24. The number of rotatable bonds is 8. The lowest BCUT2D eigenvalue weighted by atomic mass is 9.93. The first-order valence-corrected chi connectivity index (χ1v) is 7.00. The average molecular weight is 283 g/mol. The van der Waals surface area contributed by atoms with Crippen molar-refractivity contribution in [1.82, 2.24) is 5.32 Å².